The predicted molar refractivity (Wildman–Crippen MR) is 380 cm³/mol. The lowest BCUT2D eigenvalue weighted by Gasteiger charge is -2.31. The zero-order valence-corrected chi connectivity index (χ0v) is 60.3. The summed E-state index contributed by atoms with van der Waals surface area (Å²) in [6.07, 6.45) is 7.81. The fourth-order valence-electron chi connectivity index (χ4n) is 13.4. The molecule has 1 aromatic carbocycles. The average molecular weight is 1460 g/mol. The second-order valence-corrected chi connectivity index (χ2v) is 29.8. The minimum atomic E-state index is -1.67. The van der Waals surface area contributed by atoms with Crippen molar-refractivity contribution in [3.8, 4) is 11.8 Å². The van der Waals surface area contributed by atoms with Gasteiger partial charge < -0.3 is 89.2 Å². The predicted octanol–water partition coefficient (Wildman–Crippen LogP) is -0.661. The molecule has 4 aliphatic heterocycles. The molecule has 0 radical (unpaired) electrons. The molecule has 6 aliphatic rings. The third-order valence-corrected chi connectivity index (χ3v) is 21.5. The first-order valence-electron chi connectivity index (χ1n) is 36.0. The molecule has 33 heteroatoms. The molecule has 4 heterocycles. The Morgan fingerprint density at radius 1 is 0.657 bits per heavy atom. The maximum absolute atomic E-state index is 14.7. The van der Waals surface area contributed by atoms with E-state index in [1.807, 2.05) is 37.3 Å². The number of likely N-dealkylation sites (tertiary alicyclic amines) is 2. The van der Waals surface area contributed by atoms with Crippen LogP contribution in [0.5, 0.6) is 0 Å². The highest BCUT2D eigenvalue weighted by Crippen LogP contribution is 2.52. The van der Waals surface area contributed by atoms with E-state index in [0.717, 1.165) is 59.3 Å². The number of carbonyl (C=O) groups excluding carboxylic acids is 13. The van der Waals surface area contributed by atoms with Crippen LogP contribution in [0.3, 0.4) is 0 Å². The molecule has 562 valence electrons. The maximum atomic E-state index is 14.7. The Hall–Kier alpha value is -8.38. The smallest absolute Gasteiger partial charge is 0.407 e. The molecule has 13 amide bonds. The average Bonchev–Trinajstić information content (AvgIpc) is 1.62. The zero-order valence-electron chi connectivity index (χ0n) is 58.6. The van der Waals surface area contributed by atoms with Gasteiger partial charge in [0.05, 0.1) is 19.8 Å². The molecule has 102 heavy (non-hydrogen) atoms. The van der Waals surface area contributed by atoms with Crippen molar-refractivity contribution in [3.05, 3.63) is 35.9 Å². The molecule has 1 aromatic rings. The number of guanidine groups is 1. The van der Waals surface area contributed by atoms with E-state index in [4.69, 9.17) is 15.9 Å². The van der Waals surface area contributed by atoms with Crippen LogP contribution < -0.4 is 69.5 Å². The summed E-state index contributed by atoms with van der Waals surface area (Å²) in [6.45, 7) is 5.23. The Morgan fingerprint density at radius 3 is 1.93 bits per heavy atom. The Balaban J connectivity index is 1.04. The molecule has 0 aromatic heterocycles. The van der Waals surface area contributed by atoms with Crippen LogP contribution in [0.1, 0.15) is 148 Å². The van der Waals surface area contributed by atoms with E-state index in [1.54, 1.807) is 13.8 Å². The summed E-state index contributed by atoms with van der Waals surface area (Å²) in [7, 11) is 2.02. The number of nitrogens with zero attached hydrogens (tertiary/aromatic N) is 2. The van der Waals surface area contributed by atoms with E-state index in [1.165, 1.54) is 9.80 Å². The van der Waals surface area contributed by atoms with Gasteiger partial charge in [0.25, 0.3) is 0 Å². The minimum Gasteiger partial charge on any atom is -0.449 e. The van der Waals surface area contributed by atoms with Crippen LogP contribution in [-0.2, 0) is 68.7 Å². The number of aliphatic hydroxyl groups is 1. The van der Waals surface area contributed by atoms with Gasteiger partial charge in [-0.3, -0.25) is 62.9 Å². The minimum absolute atomic E-state index is 0.0338. The second kappa shape index (κ2) is 41.7. The first kappa shape index (κ1) is 80.9. The van der Waals surface area contributed by atoms with Crippen LogP contribution in [0, 0.1) is 40.9 Å². The number of aliphatic hydroxyl groups excluding tert-OH is 1. The number of hydrogen-bond acceptors (Lipinski definition) is 18. The summed E-state index contributed by atoms with van der Waals surface area (Å²) >= 11 is 0. The highest BCUT2D eigenvalue weighted by molar-refractivity contribution is 8.76. The highest BCUT2D eigenvalue weighted by Gasteiger charge is 2.49. The molecule has 13 atom stereocenters. The molecular weight excluding hydrogens is 1360 g/mol. The van der Waals surface area contributed by atoms with Crippen LogP contribution >= 0.6 is 21.6 Å². The normalized spacial score (nSPS) is 24.4. The number of ether oxygens (including phenoxy) is 1. The Morgan fingerprint density at radius 2 is 1.26 bits per heavy atom. The second-order valence-electron chi connectivity index (χ2n) is 27.2. The quantitative estimate of drug-likeness (QED) is 0.0137. The van der Waals surface area contributed by atoms with Crippen LogP contribution in [0.4, 0.5) is 4.79 Å². The van der Waals surface area contributed by atoms with Gasteiger partial charge in [-0.15, -0.1) is 11.8 Å². The number of unbranched alkanes of at least 4 members (excludes halogenated alkanes) is 2. The van der Waals surface area contributed by atoms with Gasteiger partial charge in [0.15, 0.2) is 5.96 Å². The Kier molecular flexibility index (Phi) is 33.0. The lowest BCUT2D eigenvalue weighted by atomic mass is 10.0. The van der Waals surface area contributed by atoms with E-state index in [-0.39, 0.29) is 125 Å². The first-order valence-corrected chi connectivity index (χ1v) is 38.4. The Bertz CT molecular complexity index is 3160. The van der Waals surface area contributed by atoms with Crippen molar-refractivity contribution in [2.75, 3.05) is 64.0 Å². The number of hydrogen-bond donors (Lipinski definition) is 15. The molecule has 31 nitrogen and oxygen atoms in total. The van der Waals surface area contributed by atoms with Gasteiger partial charge >= 0.3 is 6.09 Å². The van der Waals surface area contributed by atoms with Crippen molar-refractivity contribution in [2.24, 2.45) is 29.4 Å². The number of nitrogens with two attached hydrogens (primary N) is 1. The SMILES string of the molecule is CCCC[C@@H](NC(=O)[C@@H]1CCCN1C(=O)CNC(=O)[C@H](CCCCNC(=O)OC[C@@H]1[C@@H]2CCC#CCC[C@@H]21)NC(=O)[C@@H]1CSSC[C@H](NC(=O)[C@@H]2CCCN2C(=O)[C@H](CCCNC(=N)N)NC(=O)[C@@H]2CCC(=O)N2)C(=O)N[C@@H](CC(C)C)C(=O)N[C@@H](CO)C(=O)N1)C(=O)NCCc1ccccc1. The Labute approximate surface area is 603 Å². The van der Waals surface area contributed by atoms with Crippen molar-refractivity contribution in [3.63, 3.8) is 0 Å². The van der Waals surface area contributed by atoms with Gasteiger partial charge in [0.2, 0.25) is 70.9 Å². The summed E-state index contributed by atoms with van der Waals surface area (Å²) in [6, 6.07) is -2.60. The molecule has 5 fully saturated rings. The van der Waals surface area contributed by atoms with Gasteiger partial charge in [0, 0.05) is 63.5 Å². The van der Waals surface area contributed by atoms with Gasteiger partial charge in [-0.1, -0.05) is 85.5 Å². The van der Waals surface area contributed by atoms with E-state index in [0.29, 0.717) is 63.3 Å². The lowest BCUT2D eigenvalue weighted by molar-refractivity contribution is -0.142. The van der Waals surface area contributed by atoms with Crippen LogP contribution in [0.2, 0.25) is 0 Å². The molecule has 0 spiro atoms. The number of rotatable bonds is 33. The fourth-order valence-corrected chi connectivity index (χ4v) is 15.8. The molecule has 0 bridgehead atoms. The van der Waals surface area contributed by atoms with Gasteiger partial charge in [-0.2, -0.15) is 0 Å². The summed E-state index contributed by atoms with van der Waals surface area (Å²) in [4.78, 5) is 183. The number of alkyl carbamates (subject to hydrolysis) is 1. The standard InChI is InChI=1S/C69H104N16O15S2/c1-4-5-22-46(58(89)72-32-29-42-18-9-8-10-19-42)78-65(96)54-25-16-33-84(54)57(88)36-75-59(90)47(23-13-14-30-74-69(99)100-38-45-43-20-11-6-7-12-21-44(43)45)77-63(94)52-39-101-102-40-53(64(95)80-50(35-41(2)3)61(92)81-51(37-86)62(93)82-52)83-66(97)55-26-17-34-85(55)67(98)49(24-15-31-73-68(70)71)79-60(91)48-27-28-56(87)76-48/h8-10,18-19,41,43-55,86H,4-5,11-17,20-40H2,1-3H3,(H,72,89)(H,74,99)(H,75,90)(H,76,87)(H,77,94)(H,78,96)(H,79,91)(H,80,95)(H,81,92)(H,82,93)(H,83,97)(H4,70,71,73)/t43-,44+,45-,46-,47+,48+,49+,50+,51+,52+,53+,54+,55+/m1/s1. The fraction of sp³-hybridized carbons (Fsp3) is 0.681. The van der Waals surface area contributed by atoms with Crippen LogP contribution in [-0.4, -0.2) is 222 Å². The van der Waals surface area contributed by atoms with E-state index >= 15 is 0 Å². The molecule has 16 N–H and O–H groups in total. The van der Waals surface area contributed by atoms with E-state index in [9.17, 15) is 67.4 Å². The van der Waals surface area contributed by atoms with E-state index < -0.39 is 139 Å². The van der Waals surface area contributed by atoms with Gasteiger partial charge in [0.1, 0.15) is 60.4 Å². The van der Waals surface area contributed by atoms with Crippen molar-refractivity contribution >= 4 is 105 Å². The lowest BCUT2D eigenvalue weighted by Crippen LogP contribution is -2.61. The number of amides is 13. The zero-order chi connectivity index (χ0) is 73.7. The topological polar surface area (TPSA) is 452 Å². The molecule has 4 saturated heterocycles. The summed E-state index contributed by atoms with van der Waals surface area (Å²) in [5.41, 5.74) is 6.50. The largest absolute Gasteiger partial charge is 0.449 e. The number of benzene rings is 1. The highest BCUT2D eigenvalue weighted by atomic mass is 33.1. The van der Waals surface area contributed by atoms with Crippen molar-refractivity contribution in [2.45, 2.75) is 210 Å². The molecule has 1 saturated carbocycles. The summed E-state index contributed by atoms with van der Waals surface area (Å²) in [5.74, 6) is -1.51. The summed E-state index contributed by atoms with van der Waals surface area (Å²) in [5, 5.41) is 50.6. The third-order valence-electron chi connectivity index (χ3n) is 19.1. The van der Waals surface area contributed by atoms with Crippen LogP contribution in [0.15, 0.2) is 30.3 Å². The molecule has 7 rings (SSSR count). The van der Waals surface area contributed by atoms with Crippen LogP contribution in [0.25, 0.3) is 0 Å². The van der Waals surface area contributed by atoms with Crippen molar-refractivity contribution in [1.82, 2.24) is 73.6 Å². The maximum Gasteiger partial charge on any atom is 0.407 e. The van der Waals surface area contributed by atoms with Gasteiger partial charge in [-0.05, 0) is 126 Å². The van der Waals surface area contributed by atoms with Gasteiger partial charge in [-0.25, -0.2) is 4.79 Å². The number of fused-ring (bicyclic) bond motifs is 1. The van der Waals surface area contributed by atoms with Crippen molar-refractivity contribution < 1.29 is 72.2 Å². The monoisotopic (exact) mass is 1460 g/mol. The third kappa shape index (κ3) is 25.5. The van der Waals surface area contributed by atoms with E-state index in [2.05, 4.69) is 75.6 Å². The first-order chi connectivity index (χ1) is 49.0. The van der Waals surface area contributed by atoms with Crippen molar-refractivity contribution in [1.29, 1.82) is 5.41 Å². The molecule has 2 aliphatic carbocycles. The molecule has 0 unspecified atom stereocenters. The molecular formula is C69H104N16O15S2. The number of carbonyl (C=O) groups is 13. The number of nitrogens with one attached hydrogen (secondary N) is 13. The summed E-state index contributed by atoms with van der Waals surface area (Å²) < 4.78 is 5.59.